The van der Waals surface area contributed by atoms with Crippen molar-refractivity contribution in [2.75, 3.05) is 10.6 Å². The quantitative estimate of drug-likeness (QED) is 0.680. The third-order valence-corrected chi connectivity index (χ3v) is 4.01. The number of thiocarbonyl (C=S) groups is 1. The Hall–Kier alpha value is -2.73. The Kier molecular flexibility index (Phi) is 5.40. The highest BCUT2D eigenvalue weighted by Crippen LogP contribution is 2.11. The highest BCUT2D eigenvalue weighted by atomic mass is 32.1. The minimum Gasteiger partial charge on any atom is -0.332 e. The van der Waals surface area contributed by atoms with E-state index in [4.69, 9.17) is 12.2 Å². The number of rotatable bonds is 5. The van der Waals surface area contributed by atoms with Gasteiger partial charge in [-0.25, -0.2) is 9.67 Å². The van der Waals surface area contributed by atoms with Gasteiger partial charge in [0.1, 0.15) is 6.33 Å². The Bertz CT molecular complexity index is 854. The average Bonchev–Trinajstić information content (AvgIpc) is 3.02. The lowest BCUT2D eigenvalue weighted by Gasteiger charge is -2.08. The summed E-state index contributed by atoms with van der Waals surface area (Å²) in [5.41, 5.74) is 4.65. The molecule has 0 bridgehead atoms. The Morgan fingerprint density at radius 1 is 1.08 bits per heavy atom. The first-order valence-electron chi connectivity index (χ1n) is 8.24. The molecule has 5 nitrogen and oxygen atoms in total. The molecule has 0 fully saturated rings. The number of hydrogen-bond donors (Lipinski definition) is 2. The molecule has 0 saturated heterocycles. The van der Waals surface area contributed by atoms with Crippen LogP contribution in [-0.4, -0.2) is 19.9 Å². The molecular weight excluding hydrogens is 330 g/mol. The number of nitrogens with zero attached hydrogens (tertiary/aromatic N) is 3. The molecule has 0 unspecified atom stereocenters. The van der Waals surface area contributed by atoms with E-state index in [1.807, 2.05) is 18.2 Å². The van der Waals surface area contributed by atoms with E-state index >= 15 is 0 Å². The predicted molar refractivity (Wildman–Crippen MR) is 106 cm³/mol. The number of anilines is 2. The second kappa shape index (κ2) is 7.90. The van der Waals surface area contributed by atoms with Crippen LogP contribution in [0, 0.1) is 6.92 Å². The van der Waals surface area contributed by atoms with Crippen molar-refractivity contribution in [1.82, 2.24) is 14.8 Å². The van der Waals surface area contributed by atoms with Crippen LogP contribution < -0.4 is 10.6 Å². The lowest BCUT2D eigenvalue weighted by Crippen LogP contribution is -2.20. The summed E-state index contributed by atoms with van der Waals surface area (Å²) in [6.07, 6.45) is 2.72. The van der Waals surface area contributed by atoms with Gasteiger partial charge in [-0.1, -0.05) is 48.9 Å². The van der Waals surface area contributed by atoms with Crippen molar-refractivity contribution in [3.8, 4) is 0 Å². The summed E-state index contributed by atoms with van der Waals surface area (Å²) >= 11 is 5.32. The fraction of sp³-hybridized carbons (Fsp3) is 0.211. The summed E-state index contributed by atoms with van der Waals surface area (Å²) in [6, 6.07) is 16.5. The number of benzene rings is 2. The average molecular weight is 351 g/mol. The van der Waals surface area contributed by atoms with Gasteiger partial charge >= 0.3 is 0 Å². The molecule has 0 spiro atoms. The minimum absolute atomic E-state index is 0.470. The largest absolute Gasteiger partial charge is 0.332 e. The molecule has 0 amide bonds. The summed E-state index contributed by atoms with van der Waals surface area (Å²) in [7, 11) is 0. The number of aryl methyl sites for hydroxylation is 2. The second-order valence-corrected chi connectivity index (χ2v) is 6.29. The van der Waals surface area contributed by atoms with E-state index in [0.717, 1.165) is 12.1 Å². The topological polar surface area (TPSA) is 54.8 Å². The van der Waals surface area contributed by atoms with Gasteiger partial charge in [0.15, 0.2) is 5.11 Å². The van der Waals surface area contributed by atoms with Gasteiger partial charge < -0.3 is 5.32 Å². The van der Waals surface area contributed by atoms with Crippen molar-refractivity contribution < 1.29 is 0 Å². The highest BCUT2D eigenvalue weighted by molar-refractivity contribution is 7.80. The predicted octanol–water partition coefficient (Wildman–Crippen LogP) is 4.01. The van der Waals surface area contributed by atoms with Gasteiger partial charge in [0, 0.05) is 5.69 Å². The molecule has 0 aliphatic rings. The number of hydrogen-bond acceptors (Lipinski definition) is 3. The Balaban J connectivity index is 1.57. The van der Waals surface area contributed by atoms with E-state index in [9.17, 15) is 0 Å². The van der Waals surface area contributed by atoms with Crippen LogP contribution in [0.5, 0.6) is 0 Å². The monoisotopic (exact) mass is 351 g/mol. The fourth-order valence-electron chi connectivity index (χ4n) is 2.51. The van der Waals surface area contributed by atoms with Gasteiger partial charge in [-0.15, -0.1) is 5.10 Å². The third kappa shape index (κ3) is 4.87. The fourth-order valence-corrected chi connectivity index (χ4v) is 2.72. The van der Waals surface area contributed by atoms with Gasteiger partial charge in [0.25, 0.3) is 0 Å². The Morgan fingerprint density at radius 3 is 2.60 bits per heavy atom. The Labute approximate surface area is 153 Å². The SMILES string of the molecule is CCc1ccc(NC(=S)Nc2ncn(Cc3cccc(C)c3)n2)cc1. The summed E-state index contributed by atoms with van der Waals surface area (Å²) in [5.74, 6) is 0.482. The summed E-state index contributed by atoms with van der Waals surface area (Å²) in [4.78, 5) is 4.26. The molecule has 128 valence electrons. The van der Waals surface area contributed by atoms with Crippen LogP contribution in [0.15, 0.2) is 54.9 Å². The van der Waals surface area contributed by atoms with Crippen LogP contribution in [0.2, 0.25) is 0 Å². The van der Waals surface area contributed by atoms with Gasteiger partial charge in [-0.05, 0) is 48.8 Å². The van der Waals surface area contributed by atoms with E-state index in [1.54, 1.807) is 11.0 Å². The maximum atomic E-state index is 5.32. The van der Waals surface area contributed by atoms with Gasteiger partial charge in [0.2, 0.25) is 5.95 Å². The maximum Gasteiger partial charge on any atom is 0.248 e. The second-order valence-electron chi connectivity index (χ2n) is 5.88. The molecule has 0 atom stereocenters. The van der Waals surface area contributed by atoms with Crippen LogP contribution >= 0.6 is 12.2 Å². The molecule has 1 aromatic heterocycles. The molecule has 0 radical (unpaired) electrons. The van der Waals surface area contributed by atoms with Crippen LogP contribution in [0.25, 0.3) is 0 Å². The molecule has 3 rings (SSSR count). The zero-order valence-electron chi connectivity index (χ0n) is 14.4. The summed E-state index contributed by atoms with van der Waals surface area (Å²) < 4.78 is 1.79. The number of aromatic nitrogens is 3. The molecular formula is C19H21N5S. The standard InChI is InChI=1S/C19H21N5S/c1-3-15-7-9-17(10-8-15)21-19(25)22-18-20-13-24(23-18)12-16-6-4-5-14(2)11-16/h4-11,13H,3,12H2,1-2H3,(H2,21,22,23,25). The van der Waals surface area contributed by atoms with Gasteiger partial charge in [-0.2, -0.15) is 0 Å². The van der Waals surface area contributed by atoms with E-state index < -0.39 is 0 Å². The smallest absolute Gasteiger partial charge is 0.248 e. The molecule has 0 saturated carbocycles. The summed E-state index contributed by atoms with van der Waals surface area (Å²) in [5, 5.41) is 11.0. The maximum absolute atomic E-state index is 5.32. The minimum atomic E-state index is 0.470. The van der Waals surface area contributed by atoms with E-state index in [2.05, 4.69) is 64.9 Å². The zero-order valence-corrected chi connectivity index (χ0v) is 15.2. The molecule has 0 aliphatic carbocycles. The Morgan fingerprint density at radius 2 is 1.88 bits per heavy atom. The molecule has 2 N–H and O–H groups in total. The van der Waals surface area contributed by atoms with Crippen molar-refractivity contribution in [3.05, 3.63) is 71.5 Å². The zero-order chi connectivity index (χ0) is 17.6. The molecule has 6 heteroatoms. The lowest BCUT2D eigenvalue weighted by molar-refractivity contribution is 0.687. The van der Waals surface area contributed by atoms with Crippen molar-refractivity contribution in [3.63, 3.8) is 0 Å². The van der Waals surface area contributed by atoms with E-state index in [1.165, 1.54) is 16.7 Å². The van der Waals surface area contributed by atoms with Crippen LogP contribution in [0.3, 0.4) is 0 Å². The molecule has 0 aliphatic heterocycles. The first kappa shape index (κ1) is 17.1. The van der Waals surface area contributed by atoms with Crippen molar-refractivity contribution in [2.24, 2.45) is 0 Å². The molecule has 2 aromatic carbocycles. The van der Waals surface area contributed by atoms with E-state index in [0.29, 0.717) is 17.6 Å². The van der Waals surface area contributed by atoms with E-state index in [-0.39, 0.29) is 0 Å². The molecule has 3 aromatic rings. The van der Waals surface area contributed by atoms with Crippen LogP contribution in [0.4, 0.5) is 11.6 Å². The van der Waals surface area contributed by atoms with Crippen molar-refractivity contribution >= 4 is 29.0 Å². The first-order valence-corrected chi connectivity index (χ1v) is 8.65. The summed E-state index contributed by atoms with van der Waals surface area (Å²) in [6.45, 7) is 4.89. The third-order valence-electron chi connectivity index (χ3n) is 3.81. The van der Waals surface area contributed by atoms with Crippen LogP contribution in [-0.2, 0) is 13.0 Å². The number of nitrogens with one attached hydrogen (secondary N) is 2. The van der Waals surface area contributed by atoms with Gasteiger partial charge in [-0.3, -0.25) is 5.32 Å². The normalized spacial score (nSPS) is 10.5. The lowest BCUT2D eigenvalue weighted by atomic mass is 10.1. The van der Waals surface area contributed by atoms with Crippen molar-refractivity contribution in [1.29, 1.82) is 0 Å². The molecule has 1 heterocycles. The highest BCUT2D eigenvalue weighted by Gasteiger charge is 2.05. The van der Waals surface area contributed by atoms with Gasteiger partial charge in [0.05, 0.1) is 6.54 Å². The van der Waals surface area contributed by atoms with Crippen LogP contribution in [0.1, 0.15) is 23.6 Å². The first-order chi connectivity index (χ1) is 12.1. The van der Waals surface area contributed by atoms with Crippen molar-refractivity contribution in [2.45, 2.75) is 26.8 Å². The molecule has 25 heavy (non-hydrogen) atoms.